The van der Waals surface area contributed by atoms with Crippen LogP contribution in [0, 0.1) is 13.8 Å². The molecule has 1 aliphatic heterocycles. The summed E-state index contributed by atoms with van der Waals surface area (Å²) in [5, 5.41) is 0. The van der Waals surface area contributed by atoms with E-state index in [-0.39, 0.29) is 18.0 Å². The van der Waals surface area contributed by atoms with Gasteiger partial charge in [0.05, 0.1) is 0 Å². The third-order valence-electron chi connectivity index (χ3n) is 6.65. The van der Waals surface area contributed by atoms with E-state index in [2.05, 4.69) is 18.2 Å². The van der Waals surface area contributed by atoms with Gasteiger partial charge >= 0.3 is 6.03 Å². The number of piperidine rings is 1. The summed E-state index contributed by atoms with van der Waals surface area (Å²) in [4.78, 5) is 29.8. The second-order valence-corrected chi connectivity index (χ2v) is 9.35. The molecule has 0 radical (unpaired) electrons. The zero-order valence-corrected chi connectivity index (χ0v) is 20.0. The second kappa shape index (κ2) is 10.6. The lowest BCUT2D eigenvalue weighted by atomic mass is 9.90. The summed E-state index contributed by atoms with van der Waals surface area (Å²) in [6.07, 6.45) is 2.14. The van der Waals surface area contributed by atoms with Gasteiger partial charge in [-0.15, -0.1) is 0 Å². The van der Waals surface area contributed by atoms with E-state index in [1.54, 1.807) is 4.90 Å². The number of nitrogens with zero attached hydrogens (tertiary/aromatic N) is 2. The minimum atomic E-state index is -0.415. The van der Waals surface area contributed by atoms with Crippen LogP contribution in [-0.4, -0.2) is 40.4 Å². The summed E-state index contributed by atoms with van der Waals surface area (Å²) >= 11 is 0. The quantitative estimate of drug-likeness (QED) is 0.562. The van der Waals surface area contributed by atoms with Gasteiger partial charge in [0.25, 0.3) is 5.91 Å². The molecule has 4 rings (SSSR count). The van der Waals surface area contributed by atoms with E-state index in [1.165, 1.54) is 5.56 Å². The van der Waals surface area contributed by atoms with E-state index < -0.39 is 6.03 Å². The molecular formula is C29H33N3O2. The number of amides is 3. The summed E-state index contributed by atoms with van der Waals surface area (Å²) in [5.41, 5.74) is 11.0. The second-order valence-electron chi connectivity index (χ2n) is 9.35. The van der Waals surface area contributed by atoms with Crippen molar-refractivity contribution >= 4 is 11.9 Å². The number of hydrogen-bond acceptors (Lipinski definition) is 2. The Morgan fingerprint density at radius 3 is 2.09 bits per heavy atom. The van der Waals surface area contributed by atoms with Gasteiger partial charge in [0.2, 0.25) is 0 Å². The van der Waals surface area contributed by atoms with E-state index in [0.717, 1.165) is 28.7 Å². The first-order valence-corrected chi connectivity index (χ1v) is 11.9. The Hall–Kier alpha value is -3.60. The molecular weight excluding hydrogens is 422 g/mol. The van der Waals surface area contributed by atoms with Crippen molar-refractivity contribution in [3.05, 3.63) is 107 Å². The van der Waals surface area contributed by atoms with Gasteiger partial charge in [-0.25, -0.2) is 4.79 Å². The lowest BCUT2D eigenvalue weighted by Gasteiger charge is -2.43. The number of carbonyl (C=O) groups is 2. The van der Waals surface area contributed by atoms with Gasteiger partial charge in [0.1, 0.15) is 0 Å². The third kappa shape index (κ3) is 5.66. The molecule has 0 spiro atoms. The van der Waals surface area contributed by atoms with Gasteiger partial charge < -0.3 is 15.5 Å². The van der Waals surface area contributed by atoms with Crippen LogP contribution in [0.5, 0.6) is 0 Å². The van der Waals surface area contributed by atoms with Gasteiger partial charge in [-0.1, -0.05) is 77.9 Å². The van der Waals surface area contributed by atoms with Crippen molar-refractivity contribution in [2.24, 2.45) is 5.73 Å². The molecule has 1 heterocycles. The molecule has 5 nitrogen and oxygen atoms in total. The van der Waals surface area contributed by atoms with Crippen LogP contribution in [0.1, 0.15) is 45.5 Å². The first-order valence-electron chi connectivity index (χ1n) is 11.9. The molecule has 3 amide bonds. The number of rotatable bonds is 6. The molecule has 0 saturated carbocycles. The number of carbonyl (C=O) groups excluding carboxylic acids is 2. The number of aryl methyl sites for hydroxylation is 2. The number of hydrogen-bond donors (Lipinski definition) is 1. The zero-order chi connectivity index (χ0) is 24.1. The molecule has 3 aromatic rings. The monoisotopic (exact) mass is 455 g/mol. The van der Waals surface area contributed by atoms with Crippen LogP contribution in [0.3, 0.4) is 0 Å². The van der Waals surface area contributed by atoms with Crippen molar-refractivity contribution < 1.29 is 9.59 Å². The molecule has 1 fully saturated rings. The van der Waals surface area contributed by atoms with Crippen LogP contribution in [0.2, 0.25) is 0 Å². The molecule has 176 valence electrons. The van der Waals surface area contributed by atoms with Crippen molar-refractivity contribution in [3.63, 3.8) is 0 Å². The van der Waals surface area contributed by atoms with Crippen LogP contribution >= 0.6 is 0 Å². The highest BCUT2D eigenvalue weighted by Crippen LogP contribution is 2.28. The Morgan fingerprint density at radius 2 is 1.50 bits per heavy atom. The SMILES string of the molecule is Cc1cc(C)cc(C(=O)N2CCC(N(Cc3ccccc3)C(N)=O)CC2Cc2ccccc2)c1. The Balaban J connectivity index is 1.59. The predicted octanol–water partition coefficient (Wildman–Crippen LogP) is 5.10. The predicted molar refractivity (Wildman–Crippen MR) is 135 cm³/mol. The highest BCUT2D eigenvalue weighted by atomic mass is 16.2. The summed E-state index contributed by atoms with van der Waals surface area (Å²) in [6, 6.07) is 25.7. The van der Waals surface area contributed by atoms with E-state index in [0.29, 0.717) is 25.9 Å². The van der Waals surface area contributed by atoms with Gasteiger partial charge in [0.15, 0.2) is 0 Å². The lowest BCUT2D eigenvalue weighted by Crippen LogP contribution is -2.54. The normalized spacial score (nSPS) is 17.9. The Labute approximate surface area is 202 Å². The Bertz CT molecular complexity index is 1110. The lowest BCUT2D eigenvalue weighted by molar-refractivity contribution is 0.0484. The Morgan fingerprint density at radius 1 is 0.912 bits per heavy atom. The number of urea groups is 1. The fourth-order valence-electron chi connectivity index (χ4n) is 5.09. The van der Waals surface area contributed by atoms with Crippen LogP contribution in [-0.2, 0) is 13.0 Å². The minimum Gasteiger partial charge on any atom is -0.351 e. The topological polar surface area (TPSA) is 66.6 Å². The van der Waals surface area contributed by atoms with E-state index in [9.17, 15) is 9.59 Å². The maximum absolute atomic E-state index is 13.6. The van der Waals surface area contributed by atoms with Crippen molar-refractivity contribution in [2.75, 3.05) is 6.54 Å². The van der Waals surface area contributed by atoms with Crippen LogP contribution in [0.4, 0.5) is 4.79 Å². The number of primary amides is 1. The maximum atomic E-state index is 13.6. The average molecular weight is 456 g/mol. The Kier molecular flexibility index (Phi) is 7.31. The maximum Gasteiger partial charge on any atom is 0.315 e. The number of nitrogens with two attached hydrogens (primary N) is 1. The minimum absolute atomic E-state index is 0.0188. The van der Waals surface area contributed by atoms with Crippen LogP contribution in [0.25, 0.3) is 0 Å². The molecule has 0 aliphatic carbocycles. The molecule has 1 saturated heterocycles. The smallest absolute Gasteiger partial charge is 0.315 e. The standard InChI is InChI=1S/C29H33N3O2/c1-21-15-22(2)17-25(16-21)28(33)31-14-13-26(19-27(31)18-23-9-5-3-6-10-23)32(29(30)34)20-24-11-7-4-8-12-24/h3-12,15-17,26-27H,13-14,18-20H2,1-2H3,(H2,30,34). The van der Waals surface area contributed by atoms with Crippen molar-refractivity contribution in [1.29, 1.82) is 0 Å². The van der Waals surface area contributed by atoms with E-state index in [1.807, 2.05) is 79.4 Å². The first-order chi connectivity index (χ1) is 16.4. The molecule has 2 atom stereocenters. The summed E-state index contributed by atoms with van der Waals surface area (Å²) in [5.74, 6) is 0.0554. The molecule has 5 heteroatoms. The number of likely N-dealkylation sites (tertiary alicyclic amines) is 1. The van der Waals surface area contributed by atoms with Crippen LogP contribution < -0.4 is 5.73 Å². The largest absolute Gasteiger partial charge is 0.351 e. The fourth-order valence-corrected chi connectivity index (χ4v) is 5.09. The highest BCUT2D eigenvalue weighted by Gasteiger charge is 2.36. The third-order valence-corrected chi connectivity index (χ3v) is 6.65. The summed E-state index contributed by atoms with van der Waals surface area (Å²) in [7, 11) is 0. The molecule has 1 aliphatic rings. The average Bonchev–Trinajstić information content (AvgIpc) is 2.82. The molecule has 0 bridgehead atoms. The van der Waals surface area contributed by atoms with Crippen molar-refractivity contribution in [3.8, 4) is 0 Å². The molecule has 34 heavy (non-hydrogen) atoms. The molecule has 3 aromatic carbocycles. The fraction of sp³-hybridized carbons (Fsp3) is 0.310. The summed E-state index contributed by atoms with van der Waals surface area (Å²) < 4.78 is 0. The van der Waals surface area contributed by atoms with Crippen LogP contribution in [0.15, 0.2) is 78.9 Å². The summed E-state index contributed by atoms with van der Waals surface area (Å²) in [6.45, 7) is 5.11. The number of benzene rings is 3. The van der Waals surface area contributed by atoms with E-state index >= 15 is 0 Å². The van der Waals surface area contributed by atoms with Crippen molar-refractivity contribution in [1.82, 2.24) is 9.80 Å². The zero-order valence-electron chi connectivity index (χ0n) is 20.0. The van der Waals surface area contributed by atoms with Crippen molar-refractivity contribution in [2.45, 2.75) is 51.7 Å². The van der Waals surface area contributed by atoms with Gasteiger partial charge in [0, 0.05) is 30.7 Å². The van der Waals surface area contributed by atoms with Gasteiger partial charge in [-0.3, -0.25) is 4.79 Å². The van der Waals surface area contributed by atoms with Gasteiger partial charge in [-0.05, 0) is 56.4 Å². The van der Waals surface area contributed by atoms with Gasteiger partial charge in [-0.2, -0.15) is 0 Å². The molecule has 0 aromatic heterocycles. The molecule has 2 unspecified atom stereocenters. The van der Waals surface area contributed by atoms with E-state index in [4.69, 9.17) is 5.73 Å². The first kappa shape index (κ1) is 23.6. The molecule has 2 N–H and O–H groups in total. The highest BCUT2D eigenvalue weighted by molar-refractivity contribution is 5.95.